The van der Waals surface area contributed by atoms with E-state index in [2.05, 4.69) is 10.6 Å². The lowest BCUT2D eigenvalue weighted by atomic mass is 9.96. The number of amides is 3. The van der Waals surface area contributed by atoms with Gasteiger partial charge in [-0.2, -0.15) is 11.8 Å². The Morgan fingerprint density at radius 2 is 1.75 bits per heavy atom. The van der Waals surface area contributed by atoms with Gasteiger partial charge in [-0.1, -0.05) is 23.8 Å². The van der Waals surface area contributed by atoms with Crippen LogP contribution in [-0.2, 0) is 14.3 Å². The number of aryl methyl sites for hydroxylation is 2. The summed E-state index contributed by atoms with van der Waals surface area (Å²) >= 11 is 1.58. The normalized spacial score (nSPS) is 13.3. The fraction of sp³-hybridized carbons (Fsp3) is 0.625. The minimum atomic E-state index is -0.817. The molecule has 0 aromatic heterocycles. The SMILES string of the molecule is CSCCC(NC(=O)OC(C)(C)C)C(=O)N(C)C(C(=O)NC(C)C)c1ccc(C)cc1C. The van der Waals surface area contributed by atoms with E-state index in [-0.39, 0.29) is 17.9 Å². The van der Waals surface area contributed by atoms with Crippen molar-refractivity contribution in [3.8, 4) is 0 Å². The molecule has 0 heterocycles. The third-order valence-electron chi connectivity index (χ3n) is 4.73. The number of likely N-dealkylation sites (N-methyl/N-ethyl adjacent to an activating group) is 1. The van der Waals surface area contributed by atoms with Gasteiger partial charge in [-0.25, -0.2) is 4.79 Å². The van der Waals surface area contributed by atoms with Crippen LogP contribution in [0.4, 0.5) is 4.79 Å². The first-order chi connectivity index (χ1) is 14.8. The second-order valence-corrected chi connectivity index (χ2v) is 10.3. The molecule has 2 N–H and O–H groups in total. The first kappa shape index (κ1) is 27.8. The van der Waals surface area contributed by atoms with E-state index in [9.17, 15) is 14.4 Å². The van der Waals surface area contributed by atoms with E-state index in [0.29, 0.717) is 12.2 Å². The highest BCUT2D eigenvalue weighted by atomic mass is 32.2. The van der Waals surface area contributed by atoms with Gasteiger partial charge in [-0.3, -0.25) is 9.59 Å². The van der Waals surface area contributed by atoms with Crippen LogP contribution in [0.2, 0.25) is 0 Å². The summed E-state index contributed by atoms with van der Waals surface area (Å²) in [6.45, 7) is 13.0. The Bertz CT molecular complexity index is 805. The minimum absolute atomic E-state index is 0.0774. The van der Waals surface area contributed by atoms with Gasteiger partial charge in [0.05, 0.1) is 0 Å². The van der Waals surface area contributed by atoms with Gasteiger partial charge < -0.3 is 20.3 Å². The number of thioether (sulfide) groups is 1. The van der Waals surface area contributed by atoms with E-state index < -0.39 is 23.8 Å². The van der Waals surface area contributed by atoms with Crippen LogP contribution in [0, 0.1) is 13.8 Å². The second kappa shape index (κ2) is 12.1. The van der Waals surface area contributed by atoms with Crippen molar-refractivity contribution in [1.82, 2.24) is 15.5 Å². The summed E-state index contributed by atoms with van der Waals surface area (Å²) in [6, 6.07) is 4.11. The first-order valence-electron chi connectivity index (χ1n) is 10.9. The smallest absolute Gasteiger partial charge is 0.408 e. The summed E-state index contributed by atoms with van der Waals surface area (Å²) in [4.78, 5) is 40.5. The van der Waals surface area contributed by atoms with E-state index in [0.717, 1.165) is 16.7 Å². The van der Waals surface area contributed by atoms with Crippen molar-refractivity contribution in [3.63, 3.8) is 0 Å². The summed E-state index contributed by atoms with van der Waals surface area (Å²) in [7, 11) is 1.61. The molecule has 0 bridgehead atoms. The van der Waals surface area contributed by atoms with Crippen LogP contribution in [-0.4, -0.2) is 59.5 Å². The molecule has 32 heavy (non-hydrogen) atoms. The Balaban J connectivity index is 3.27. The number of alkyl carbamates (subject to hydrolysis) is 1. The van der Waals surface area contributed by atoms with Crippen molar-refractivity contribution >= 4 is 29.7 Å². The van der Waals surface area contributed by atoms with Crippen molar-refractivity contribution in [1.29, 1.82) is 0 Å². The Kier molecular flexibility index (Phi) is 10.5. The van der Waals surface area contributed by atoms with E-state index in [4.69, 9.17) is 4.74 Å². The first-order valence-corrected chi connectivity index (χ1v) is 12.3. The summed E-state index contributed by atoms with van der Waals surface area (Å²) in [6.07, 6.45) is 1.71. The molecule has 3 amide bonds. The average Bonchev–Trinajstić information content (AvgIpc) is 2.64. The number of rotatable bonds is 9. The predicted molar refractivity (Wildman–Crippen MR) is 131 cm³/mol. The Hall–Kier alpha value is -2.22. The highest BCUT2D eigenvalue weighted by molar-refractivity contribution is 7.98. The molecule has 0 saturated heterocycles. The van der Waals surface area contributed by atoms with Crippen LogP contribution < -0.4 is 10.6 Å². The van der Waals surface area contributed by atoms with Gasteiger partial charge in [0.25, 0.3) is 0 Å². The van der Waals surface area contributed by atoms with E-state index >= 15 is 0 Å². The zero-order valence-electron chi connectivity index (χ0n) is 20.9. The van der Waals surface area contributed by atoms with Crippen LogP contribution in [0.3, 0.4) is 0 Å². The summed E-state index contributed by atoms with van der Waals surface area (Å²) < 4.78 is 5.35. The van der Waals surface area contributed by atoms with E-state index in [1.54, 1.807) is 39.6 Å². The molecule has 1 rings (SSSR count). The van der Waals surface area contributed by atoms with Crippen molar-refractivity contribution < 1.29 is 19.1 Å². The van der Waals surface area contributed by atoms with Crippen LogP contribution in [0.15, 0.2) is 18.2 Å². The lowest BCUT2D eigenvalue weighted by Gasteiger charge is -2.32. The maximum Gasteiger partial charge on any atom is 0.408 e. The second-order valence-electron chi connectivity index (χ2n) is 9.36. The van der Waals surface area contributed by atoms with Crippen LogP contribution >= 0.6 is 11.8 Å². The maximum atomic E-state index is 13.5. The van der Waals surface area contributed by atoms with E-state index in [1.807, 2.05) is 52.1 Å². The minimum Gasteiger partial charge on any atom is -0.444 e. The zero-order valence-corrected chi connectivity index (χ0v) is 21.7. The van der Waals surface area contributed by atoms with Gasteiger partial charge in [0, 0.05) is 13.1 Å². The van der Waals surface area contributed by atoms with Crippen molar-refractivity contribution in [2.45, 2.75) is 78.6 Å². The van der Waals surface area contributed by atoms with Gasteiger partial charge in [0.1, 0.15) is 17.7 Å². The molecule has 2 atom stereocenters. The number of hydrogen-bond acceptors (Lipinski definition) is 5. The van der Waals surface area contributed by atoms with Gasteiger partial charge in [0.15, 0.2) is 0 Å². The number of carbonyl (C=O) groups is 3. The molecule has 0 saturated carbocycles. The molecule has 0 radical (unpaired) electrons. The van der Waals surface area contributed by atoms with Gasteiger partial charge >= 0.3 is 6.09 Å². The maximum absolute atomic E-state index is 13.5. The predicted octanol–water partition coefficient (Wildman–Crippen LogP) is 3.97. The van der Waals surface area contributed by atoms with Crippen LogP contribution in [0.5, 0.6) is 0 Å². The fourth-order valence-electron chi connectivity index (χ4n) is 3.34. The fourth-order valence-corrected chi connectivity index (χ4v) is 3.81. The molecular formula is C24H39N3O4S. The molecule has 2 unspecified atom stereocenters. The standard InChI is InChI=1S/C24H39N3O4S/c1-15(2)25-21(28)20(18-11-10-16(3)14-17(18)4)27(8)22(29)19(12-13-32-9)26-23(30)31-24(5,6)7/h10-11,14-15,19-20H,12-13H2,1-9H3,(H,25,28)(H,26,30). The molecule has 0 aliphatic heterocycles. The Morgan fingerprint density at radius 3 is 2.25 bits per heavy atom. The highest BCUT2D eigenvalue weighted by Crippen LogP contribution is 2.26. The third-order valence-corrected chi connectivity index (χ3v) is 5.38. The van der Waals surface area contributed by atoms with Crippen LogP contribution in [0.25, 0.3) is 0 Å². The Morgan fingerprint density at radius 1 is 1.12 bits per heavy atom. The number of carbonyl (C=O) groups excluding carboxylic acids is 3. The molecule has 1 aromatic rings. The van der Waals surface area contributed by atoms with Crippen molar-refractivity contribution in [3.05, 3.63) is 34.9 Å². The molecular weight excluding hydrogens is 426 g/mol. The van der Waals surface area contributed by atoms with Crippen molar-refractivity contribution in [2.24, 2.45) is 0 Å². The molecule has 0 spiro atoms. The lowest BCUT2D eigenvalue weighted by molar-refractivity contribution is -0.141. The van der Waals surface area contributed by atoms with Gasteiger partial charge in [0.2, 0.25) is 11.8 Å². The molecule has 8 heteroatoms. The number of nitrogens with zero attached hydrogens (tertiary/aromatic N) is 1. The molecule has 180 valence electrons. The summed E-state index contributed by atoms with van der Waals surface area (Å²) in [5, 5.41) is 5.63. The highest BCUT2D eigenvalue weighted by Gasteiger charge is 2.34. The average molecular weight is 466 g/mol. The van der Waals surface area contributed by atoms with Crippen molar-refractivity contribution in [2.75, 3.05) is 19.1 Å². The quantitative estimate of drug-likeness (QED) is 0.576. The van der Waals surface area contributed by atoms with Gasteiger partial charge in [-0.05, 0) is 78.0 Å². The number of hydrogen-bond donors (Lipinski definition) is 2. The lowest BCUT2D eigenvalue weighted by Crippen LogP contribution is -2.52. The molecule has 7 nitrogen and oxygen atoms in total. The summed E-state index contributed by atoms with van der Waals surface area (Å²) in [5.41, 5.74) is 2.08. The summed E-state index contributed by atoms with van der Waals surface area (Å²) in [5.74, 6) is 0.0735. The largest absolute Gasteiger partial charge is 0.444 e. The number of ether oxygens (including phenoxy) is 1. The molecule has 0 aliphatic rings. The van der Waals surface area contributed by atoms with Crippen LogP contribution in [0.1, 0.15) is 63.8 Å². The molecule has 0 fully saturated rings. The molecule has 0 aliphatic carbocycles. The Labute approximate surface area is 197 Å². The monoisotopic (exact) mass is 465 g/mol. The number of benzene rings is 1. The van der Waals surface area contributed by atoms with E-state index in [1.165, 1.54) is 4.90 Å². The zero-order chi connectivity index (χ0) is 24.6. The third kappa shape index (κ3) is 8.73. The number of nitrogens with one attached hydrogen (secondary N) is 2. The van der Waals surface area contributed by atoms with Gasteiger partial charge in [-0.15, -0.1) is 0 Å². The topological polar surface area (TPSA) is 87.7 Å². The molecule has 1 aromatic carbocycles.